The molecule has 2 aromatic carbocycles. The van der Waals surface area contributed by atoms with Crippen LogP contribution in [0.3, 0.4) is 0 Å². The van der Waals surface area contributed by atoms with Crippen LogP contribution in [0, 0.1) is 0 Å². The van der Waals surface area contributed by atoms with E-state index in [-0.39, 0.29) is 16.7 Å². The topological polar surface area (TPSA) is 95.6 Å². The molecule has 1 saturated heterocycles. The lowest BCUT2D eigenvalue weighted by atomic mass is 10.0. The molecule has 1 aliphatic heterocycles. The van der Waals surface area contributed by atoms with E-state index < -0.39 is 21.6 Å². The number of rotatable bonds is 6. The minimum atomic E-state index is -3.74. The van der Waals surface area contributed by atoms with E-state index in [0.29, 0.717) is 24.2 Å². The summed E-state index contributed by atoms with van der Waals surface area (Å²) in [7, 11) is -3.74. The molecule has 7 nitrogen and oxygen atoms in total. The highest BCUT2D eigenvalue weighted by atomic mass is 32.2. The number of nitrogens with one attached hydrogen (secondary N) is 2. The van der Waals surface area contributed by atoms with E-state index in [2.05, 4.69) is 10.0 Å². The number of nitrogens with zero attached hydrogens (tertiary/aromatic N) is 1. The fourth-order valence-corrected chi connectivity index (χ4v) is 5.09. The number of amides is 2. The maximum Gasteiger partial charge on any atom is 0.251 e. The van der Waals surface area contributed by atoms with Crippen LogP contribution in [0.1, 0.15) is 51.6 Å². The molecule has 0 saturated carbocycles. The Labute approximate surface area is 183 Å². The summed E-state index contributed by atoms with van der Waals surface area (Å²) in [6, 6.07) is 14.5. The van der Waals surface area contributed by atoms with Crippen LogP contribution < -0.4 is 10.0 Å². The number of carbonyl (C=O) groups is 2. The first kappa shape index (κ1) is 23.0. The average Bonchev–Trinajstić information content (AvgIpc) is 2.69. The molecule has 1 aliphatic rings. The van der Waals surface area contributed by atoms with Gasteiger partial charge in [0.05, 0.1) is 4.90 Å². The van der Waals surface area contributed by atoms with Gasteiger partial charge in [-0.05, 0) is 57.4 Å². The molecule has 1 unspecified atom stereocenters. The molecule has 166 valence electrons. The smallest absolute Gasteiger partial charge is 0.251 e. The van der Waals surface area contributed by atoms with Gasteiger partial charge in [-0.15, -0.1) is 0 Å². The molecule has 1 heterocycles. The molecule has 2 amide bonds. The van der Waals surface area contributed by atoms with Gasteiger partial charge in [-0.1, -0.05) is 36.4 Å². The summed E-state index contributed by atoms with van der Waals surface area (Å²) in [6.45, 7) is 5.79. The Morgan fingerprint density at radius 1 is 1.03 bits per heavy atom. The summed E-state index contributed by atoms with van der Waals surface area (Å²) in [5.74, 6) is -0.430. The zero-order chi connectivity index (χ0) is 22.6. The maximum absolute atomic E-state index is 13.3. The molecule has 1 fully saturated rings. The molecule has 0 aliphatic carbocycles. The Morgan fingerprint density at radius 3 is 2.39 bits per heavy atom. The zero-order valence-electron chi connectivity index (χ0n) is 18.1. The van der Waals surface area contributed by atoms with Crippen molar-refractivity contribution >= 4 is 27.5 Å². The summed E-state index contributed by atoms with van der Waals surface area (Å²) in [5.41, 5.74) is 0.436. The van der Waals surface area contributed by atoms with Gasteiger partial charge in [-0.25, -0.2) is 13.1 Å². The third-order valence-corrected chi connectivity index (χ3v) is 6.64. The van der Waals surface area contributed by atoms with Gasteiger partial charge in [0.25, 0.3) is 5.91 Å². The second kappa shape index (κ2) is 9.20. The number of hydrogen-bond donors (Lipinski definition) is 2. The van der Waals surface area contributed by atoms with Crippen molar-refractivity contribution in [2.45, 2.75) is 56.5 Å². The summed E-state index contributed by atoms with van der Waals surface area (Å²) in [4.78, 5) is 27.5. The lowest BCUT2D eigenvalue weighted by Crippen LogP contribution is -2.43. The van der Waals surface area contributed by atoms with Crippen LogP contribution in [-0.4, -0.2) is 37.2 Å². The lowest BCUT2D eigenvalue weighted by Gasteiger charge is -2.34. The van der Waals surface area contributed by atoms with Gasteiger partial charge >= 0.3 is 0 Å². The Kier molecular flexibility index (Phi) is 6.81. The molecule has 3 rings (SSSR count). The van der Waals surface area contributed by atoms with Crippen molar-refractivity contribution in [3.63, 3.8) is 0 Å². The van der Waals surface area contributed by atoms with Crippen LogP contribution in [0.4, 0.5) is 5.69 Å². The summed E-state index contributed by atoms with van der Waals surface area (Å²) in [6.07, 6.45) is 2.08. The van der Waals surface area contributed by atoms with E-state index in [1.807, 2.05) is 30.3 Å². The molecule has 1 atom stereocenters. The predicted molar refractivity (Wildman–Crippen MR) is 120 cm³/mol. The minimum absolute atomic E-state index is 0.0547. The van der Waals surface area contributed by atoms with Gasteiger partial charge in [-0.2, -0.15) is 0 Å². The van der Waals surface area contributed by atoms with Crippen molar-refractivity contribution in [3.05, 3.63) is 60.2 Å². The second-order valence-electron chi connectivity index (χ2n) is 8.73. The van der Waals surface area contributed by atoms with Crippen LogP contribution in [0.15, 0.2) is 59.5 Å². The van der Waals surface area contributed by atoms with Gasteiger partial charge in [-0.3, -0.25) is 9.59 Å². The number of benzene rings is 2. The van der Waals surface area contributed by atoms with Crippen LogP contribution in [0.2, 0.25) is 0 Å². The second-order valence-corrected chi connectivity index (χ2v) is 10.4. The maximum atomic E-state index is 13.3. The number of piperidine rings is 1. The standard InChI is InChI=1S/C23H29N3O4S/c1-23(2,3)25-31(29,30)19-13-9-12-18(16-19)24-22(28)21(17-10-5-4-6-11-17)26-15-8-7-14-20(26)27/h4-6,9-13,16,21,25H,7-8,14-15H2,1-3H3,(H,24,28). The van der Waals surface area contributed by atoms with Gasteiger partial charge in [0.2, 0.25) is 15.9 Å². The third kappa shape index (κ3) is 5.92. The van der Waals surface area contributed by atoms with E-state index in [1.165, 1.54) is 12.1 Å². The van der Waals surface area contributed by atoms with Crippen molar-refractivity contribution < 1.29 is 18.0 Å². The number of sulfonamides is 1. The normalized spacial score (nSPS) is 16.1. The Hall–Kier alpha value is -2.71. The minimum Gasteiger partial charge on any atom is -0.327 e. The highest BCUT2D eigenvalue weighted by Gasteiger charge is 2.33. The van der Waals surface area contributed by atoms with Gasteiger partial charge in [0.15, 0.2) is 0 Å². The predicted octanol–water partition coefficient (Wildman–Crippen LogP) is 3.46. The van der Waals surface area contributed by atoms with Crippen molar-refractivity contribution in [2.24, 2.45) is 0 Å². The summed E-state index contributed by atoms with van der Waals surface area (Å²) < 4.78 is 27.9. The lowest BCUT2D eigenvalue weighted by molar-refractivity contribution is -0.141. The molecule has 0 spiro atoms. The molecule has 0 bridgehead atoms. The number of anilines is 1. The van der Waals surface area contributed by atoms with Crippen molar-refractivity contribution in [2.75, 3.05) is 11.9 Å². The van der Waals surface area contributed by atoms with Crippen molar-refractivity contribution in [1.82, 2.24) is 9.62 Å². The zero-order valence-corrected chi connectivity index (χ0v) is 18.9. The first-order valence-electron chi connectivity index (χ1n) is 10.4. The van der Waals surface area contributed by atoms with Crippen molar-refractivity contribution in [1.29, 1.82) is 0 Å². The fourth-order valence-electron chi connectivity index (χ4n) is 3.62. The molecule has 0 radical (unpaired) electrons. The van der Waals surface area contributed by atoms with Crippen LogP contribution in [0.5, 0.6) is 0 Å². The van der Waals surface area contributed by atoms with Crippen LogP contribution in [0.25, 0.3) is 0 Å². The molecule has 0 aromatic heterocycles. The molecule has 31 heavy (non-hydrogen) atoms. The average molecular weight is 444 g/mol. The summed E-state index contributed by atoms with van der Waals surface area (Å²) in [5, 5.41) is 2.81. The van der Waals surface area contributed by atoms with Gasteiger partial charge in [0.1, 0.15) is 6.04 Å². The van der Waals surface area contributed by atoms with Crippen LogP contribution in [-0.2, 0) is 19.6 Å². The number of likely N-dealkylation sites (tertiary alicyclic amines) is 1. The molecule has 8 heteroatoms. The quantitative estimate of drug-likeness (QED) is 0.715. The van der Waals surface area contributed by atoms with Crippen LogP contribution >= 0.6 is 0 Å². The monoisotopic (exact) mass is 443 g/mol. The Balaban J connectivity index is 1.88. The molecular weight excluding hydrogens is 414 g/mol. The van der Waals surface area contributed by atoms with E-state index in [4.69, 9.17) is 0 Å². The summed E-state index contributed by atoms with van der Waals surface area (Å²) >= 11 is 0. The van der Waals surface area contributed by atoms with E-state index >= 15 is 0 Å². The van der Waals surface area contributed by atoms with Crippen molar-refractivity contribution in [3.8, 4) is 0 Å². The molecule has 2 N–H and O–H groups in total. The molecular formula is C23H29N3O4S. The Morgan fingerprint density at radius 2 is 1.74 bits per heavy atom. The largest absolute Gasteiger partial charge is 0.327 e. The van der Waals surface area contributed by atoms with Gasteiger partial charge in [0, 0.05) is 24.2 Å². The first-order valence-corrected chi connectivity index (χ1v) is 11.8. The first-order chi connectivity index (χ1) is 14.6. The Bertz CT molecular complexity index is 1050. The van der Waals surface area contributed by atoms with E-state index in [0.717, 1.165) is 12.8 Å². The highest BCUT2D eigenvalue weighted by Crippen LogP contribution is 2.27. The molecule has 2 aromatic rings. The number of hydrogen-bond acceptors (Lipinski definition) is 4. The SMILES string of the molecule is CC(C)(C)NS(=O)(=O)c1cccc(NC(=O)C(c2ccccc2)N2CCCCC2=O)c1. The van der Waals surface area contributed by atoms with E-state index in [1.54, 1.807) is 37.8 Å². The highest BCUT2D eigenvalue weighted by molar-refractivity contribution is 7.89. The third-order valence-electron chi connectivity index (χ3n) is 4.89. The fraction of sp³-hybridized carbons (Fsp3) is 0.391. The number of carbonyl (C=O) groups excluding carboxylic acids is 2. The van der Waals surface area contributed by atoms with Gasteiger partial charge < -0.3 is 10.2 Å². The van der Waals surface area contributed by atoms with E-state index in [9.17, 15) is 18.0 Å².